The number of amidine groups is 1. The molecule has 0 saturated carbocycles. The van der Waals surface area contributed by atoms with Crippen LogP contribution in [0.1, 0.15) is 13.3 Å². The molecule has 0 unspecified atom stereocenters. The SMILES string of the molecule is C#CC/C=C/C(N=CC)=N\C=C\OC. The van der Waals surface area contributed by atoms with Crippen LogP contribution in [0.4, 0.5) is 0 Å². The molecule has 0 aromatic heterocycles. The van der Waals surface area contributed by atoms with Crippen LogP contribution in [0.25, 0.3) is 0 Å². The van der Waals surface area contributed by atoms with Gasteiger partial charge >= 0.3 is 0 Å². The lowest BCUT2D eigenvalue weighted by Crippen LogP contribution is -1.87. The summed E-state index contributed by atoms with van der Waals surface area (Å²) in [6.07, 6.45) is 13.9. The van der Waals surface area contributed by atoms with Crippen LogP contribution in [0.5, 0.6) is 0 Å². The lowest BCUT2D eigenvalue weighted by Gasteiger charge is -1.89. The molecule has 0 bridgehead atoms. The first-order valence-corrected chi connectivity index (χ1v) is 4.19. The largest absolute Gasteiger partial charge is 0.503 e. The quantitative estimate of drug-likeness (QED) is 0.289. The average Bonchev–Trinajstić information content (AvgIpc) is 2.18. The third kappa shape index (κ3) is 6.86. The minimum Gasteiger partial charge on any atom is -0.503 e. The van der Waals surface area contributed by atoms with Crippen molar-refractivity contribution in [1.82, 2.24) is 0 Å². The average molecular weight is 190 g/mol. The topological polar surface area (TPSA) is 34.0 Å². The molecule has 0 spiro atoms. The molecule has 0 aromatic rings. The Labute approximate surface area is 84.9 Å². The zero-order chi connectivity index (χ0) is 10.6. The van der Waals surface area contributed by atoms with Gasteiger partial charge < -0.3 is 4.74 Å². The van der Waals surface area contributed by atoms with Crippen LogP contribution in [0, 0.1) is 12.3 Å². The molecule has 0 fully saturated rings. The number of allylic oxidation sites excluding steroid dienone is 1. The number of terminal acetylenes is 1. The van der Waals surface area contributed by atoms with Gasteiger partial charge in [0.15, 0.2) is 5.84 Å². The van der Waals surface area contributed by atoms with Crippen molar-refractivity contribution in [3.8, 4) is 12.3 Å². The summed E-state index contributed by atoms with van der Waals surface area (Å²) in [5.41, 5.74) is 0. The number of nitrogens with zero attached hydrogens (tertiary/aromatic N) is 2. The molecule has 0 saturated heterocycles. The highest BCUT2D eigenvalue weighted by atomic mass is 16.5. The fourth-order valence-corrected chi connectivity index (χ4v) is 0.652. The Balaban J connectivity index is 4.36. The van der Waals surface area contributed by atoms with Crippen molar-refractivity contribution < 1.29 is 4.74 Å². The molecule has 3 heteroatoms. The predicted molar refractivity (Wildman–Crippen MR) is 60.3 cm³/mol. The van der Waals surface area contributed by atoms with Gasteiger partial charge in [-0.15, -0.1) is 12.3 Å². The highest BCUT2D eigenvalue weighted by Crippen LogP contribution is 1.89. The summed E-state index contributed by atoms with van der Waals surface area (Å²) in [5.74, 6) is 3.09. The van der Waals surface area contributed by atoms with Crippen LogP contribution in [0.15, 0.2) is 34.6 Å². The molecule has 14 heavy (non-hydrogen) atoms. The van der Waals surface area contributed by atoms with Crippen LogP contribution >= 0.6 is 0 Å². The summed E-state index contributed by atoms with van der Waals surface area (Å²) in [5, 5.41) is 0. The molecule has 0 amide bonds. The fourth-order valence-electron chi connectivity index (χ4n) is 0.652. The van der Waals surface area contributed by atoms with Gasteiger partial charge in [0.05, 0.1) is 13.3 Å². The molecular weight excluding hydrogens is 176 g/mol. The van der Waals surface area contributed by atoms with Crippen molar-refractivity contribution in [2.75, 3.05) is 7.11 Å². The van der Waals surface area contributed by atoms with Crippen molar-refractivity contribution >= 4 is 12.1 Å². The Kier molecular flexibility index (Phi) is 8.06. The second-order valence-corrected chi connectivity index (χ2v) is 2.21. The molecule has 0 aliphatic rings. The van der Waals surface area contributed by atoms with Crippen LogP contribution in [-0.2, 0) is 4.74 Å². The van der Waals surface area contributed by atoms with Crippen molar-refractivity contribution in [3.05, 3.63) is 24.6 Å². The van der Waals surface area contributed by atoms with Gasteiger partial charge in [-0.2, -0.15) is 0 Å². The fraction of sp³-hybridized carbons (Fsp3) is 0.273. The first-order chi connectivity index (χ1) is 6.85. The Bertz CT molecular complexity index is 293. The summed E-state index contributed by atoms with van der Waals surface area (Å²) in [7, 11) is 1.56. The molecular formula is C11H14N2O. The lowest BCUT2D eigenvalue weighted by molar-refractivity contribution is 0.337. The van der Waals surface area contributed by atoms with E-state index in [0.29, 0.717) is 12.3 Å². The van der Waals surface area contributed by atoms with Gasteiger partial charge in [0.2, 0.25) is 0 Å². The summed E-state index contributed by atoms with van der Waals surface area (Å²) in [6, 6.07) is 0. The van der Waals surface area contributed by atoms with Crippen LogP contribution in [0.2, 0.25) is 0 Å². The molecule has 3 nitrogen and oxygen atoms in total. The van der Waals surface area contributed by atoms with Crippen LogP contribution in [-0.4, -0.2) is 19.2 Å². The van der Waals surface area contributed by atoms with E-state index >= 15 is 0 Å². The lowest BCUT2D eigenvalue weighted by atomic mass is 10.4. The number of methoxy groups -OCH3 is 1. The van der Waals surface area contributed by atoms with E-state index in [4.69, 9.17) is 11.2 Å². The summed E-state index contributed by atoms with van der Waals surface area (Å²) < 4.78 is 4.70. The van der Waals surface area contributed by atoms with Crippen molar-refractivity contribution in [1.29, 1.82) is 0 Å². The van der Waals surface area contributed by atoms with E-state index in [1.807, 2.05) is 13.0 Å². The molecule has 0 radical (unpaired) electrons. The van der Waals surface area contributed by atoms with Crippen molar-refractivity contribution in [3.63, 3.8) is 0 Å². The molecule has 74 valence electrons. The van der Waals surface area contributed by atoms with Crippen LogP contribution in [0.3, 0.4) is 0 Å². The summed E-state index contributed by atoms with van der Waals surface area (Å²) in [6.45, 7) is 1.82. The number of rotatable bonds is 4. The number of aliphatic imine (C=N–C) groups is 2. The Morgan fingerprint density at radius 3 is 2.93 bits per heavy atom. The van der Waals surface area contributed by atoms with Gasteiger partial charge in [-0.05, 0) is 13.0 Å². The van der Waals surface area contributed by atoms with E-state index in [-0.39, 0.29) is 0 Å². The second kappa shape index (κ2) is 9.27. The Morgan fingerprint density at radius 2 is 2.36 bits per heavy atom. The maximum Gasteiger partial charge on any atom is 0.151 e. The first-order valence-electron chi connectivity index (χ1n) is 4.19. The minimum absolute atomic E-state index is 0.576. The van der Waals surface area contributed by atoms with E-state index in [1.54, 1.807) is 19.4 Å². The monoisotopic (exact) mass is 190 g/mol. The molecule has 0 heterocycles. The zero-order valence-corrected chi connectivity index (χ0v) is 8.47. The molecule has 0 aromatic carbocycles. The number of hydrogen-bond acceptors (Lipinski definition) is 2. The highest BCUT2D eigenvalue weighted by Gasteiger charge is 1.84. The Morgan fingerprint density at radius 1 is 1.57 bits per heavy atom. The molecule has 0 atom stereocenters. The zero-order valence-electron chi connectivity index (χ0n) is 8.47. The third-order valence-corrected chi connectivity index (χ3v) is 1.17. The highest BCUT2D eigenvalue weighted by molar-refractivity contribution is 5.98. The number of hydrogen-bond donors (Lipinski definition) is 0. The predicted octanol–water partition coefficient (Wildman–Crippen LogP) is 2.17. The van der Waals surface area contributed by atoms with E-state index in [0.717, 1.165) is 0 Å². The van der Waals surface area contributed by atoms with Gasteiger partial charge in [0.1, 0.15) is 6.26 Å². The van der Waals surface area contributed by atoms with E-state index in [9.17, 15) is 0 Å². The van der Waals surface area contributed by atoms with E-state index in [1.165, 1.54) is 12.5 Å². The Hall–Kier alpha value is -1.82. The van der Waals surface area contributed by atoms with Crippen molar-refractivity contribution in [2.45, 2.75) is 13.3 Å². The number of ether oxygens (including phenoxy) is 1. The summed E-state index contributed by atoms with van der Waals surface area (Å²) >= 11 is 0. The minimum atomic E-state index is 0.576. The van der Waals surface area contributed by atoms with Gasteiger partial charge in [0.25, 0.3) is 0 Å². The molecule has 0 N–H and O–H groups in total. The van der Waals surface area contributed by atoms with Crippen molar-refractivity contribution in [2.24, 2.45) is 9.98 Å². The molecule has 0 aliphatic heterocycles. The van der Waals surface area contributed by atoms with E-state index in [2.05, 4.69) is 15.9 Å². The van der Waals surface area contributed by atoms with Gasteiger partial charge in [-0.3, -0.25) is 0 Å². The van der Waals surface area contributed by atoms with Gasteiger partial charge in [-0.1, -0.05) is 6.08 Å². The third-order valence-electron chi connectivity index (χ3n) is 1.17. The smallest absolute Gasteiger partial charge is 0.151 e. The summed E-state index contributed by atoms with van der Waals surface area (Å²) in [4.78, 5) is 8.06. The second-order valence-electron chi connectivity index (χ2n) is 2.21. The van der Waals surface area contributed by atoms with Crippen LogP contribution < -0.4 is 0 Å². The standard InChI is InChI=1S/C11H14N2O/c1-4-6-7-8-11(12-5-2)13-9-10-14-3/h1,5,7-10H,6H2,2-3H3/b8-7+,10-9+,12-5?,13-11+. The van der Waals surface area contributed by atoms with Gasteiger partial charge in [-0.25, -0.2) is 9.98 Å². The maximum atomic E-state index is 5.10. The molecule has 0 aliphatic carbocycles. The normalized spacial score (nSPS) is 12.8. The molecule has 0 rings (SSSR count). The van der Waals surface area contributed by atoms with E-state index < -0.39 is 0 Å². The van der Waals surface area contributed by atoms with Gasteiger partial charge in [0, 0.05) is 12.6 Å². The maximum absolute atomic E-state index is 5.10. The first kappa shape index (κ1) is 12.2.